The summed E-state index contributed by atoms with van der Waals surface area (Å²) in [5.41, 5.74) is 4.82. The monoisotopic (exact) mass is 198 g/mol. The van der Waals surface area contributed by atoms with E-state index in [1.54, 1.807) is 0 Å². The lowest BCUT2D eigenvalue weighted by atomic mass is 10.1. The highest BCUT2D eigenvalue weighted by molar-refractivity contribution is 5.82. The van der Waals surface area contributed by atoms with Gasteiger partial charge in [0.25, 0.3) is 0 Å². The van der Waals surface area contributed by atoms with E-state index in [2.05, 4.69) is 5.32 Å². The van der Waals surface area contributed by atoms with E-state index >= 15 is 0 Å². The smallest absolute Gasteiger partial charge is 0.248 e. The van der Waals surface area contributed by atoms with E-state index in [1.165, 1.54) is 0 Å². The summed E-state index contributed by atoms with van der Waals surface area (Å²) in [5.74, 6) is -1.03. The minimum absolute atomic E-state index is 0.0601. The Morgan fingerprint density at radius 2 is 2.07 bits per heavy atom. The fourth-order valence-electron chi connectivity index (χ4n) is 1.27. The van der Waals surface area contributed by atoms with E-state index in [9.17, 15) is 9.59 Å². The van der Waals surface area contributed by atoms with Gasteiger partial charge in [-0.1, -0.05) is 12.2 Å². The molecule has 1 atom stereocenters. The maximum absolute atomic E-state index is 11.4. The normalized spacial score (nSPS) is 18.1. The topological polar surface area (TPSA) is 92.4 Å². The lowest BCUT2D eigenvalue weighted by molar-refractivity contribution is -0.128. The number of nitrogens with one attached hydrogen (secondary N) is 1. The van der Waals surface area contributed by atoms with Crippen molar-refractivity contribution in [2.24, 2.45) is 11.7 Å². The number of aliphatic hydroxyl groups is 1. The van der Waals surface area contributed by atoms with E-state index in [0.717, 1.165) is 12.8 Å². The van der Waals surface area contributed by atoms with Crippen molar-refractivity contribution in [3.05, 3.63) is 12.2 Å². The summed E-state index contributed by atoms with van der Waals surface area (Å²) in [7, 11) is 0. The van der Waals surface area contributed by atoms with Gasteiger partial charge in [0.05, 0.1) is 6.54 Å². The molecule has 2 amide bonds. The molecule has 0 radical (unpaired) electrons. The predicted molar refractivity (Wildman–Crippen MR) is 50.1 cm³/mol. The van der Waals surface area contributed by atoms with Gasteiger partial charge >= 0.3 is 0 Å². The molecule has 0 saturated carbocycles. The number of carbonyl (C=O) groups excluding carboxylic acids is 2. The van der Waals surface area contributed by atoms with Crippen molar-refractivity contribution in [2.45, 2.75) is 18.9 Å². The Hall–Kier alpha value is -1.36. The quantitative estimate of drug-likeness (QED) is 0.501. The molecule has 78 valence electrons. The number of carbonyl (C=O) groups is 2. The van der Waals surface area contributed by atoms with Crippen LogP contribution in [0, 0.1) is 5.92 Å². The van der Waals surface area contributed by atoms with Gasteiger partial charge in [-0.05, 0) is 12.8 Å². The van der Waals surface area contributed by atoms with Gasteiger partial charge in [0.15, 0.2) is 0 Å². The summed E-state index contributed by atoms with van der Waals surface area (Å²) in [6.07, 6.45) is 4.02. The van der Waals surface area contributed by atoms with Crippen LogP contribution in [0.15, 0.2) is 12.2 Å². The highest BCUT2D eigenvalue weighted by Crippen LogP contribution is 2.17. The molecule has 1 unspecified atom stereocenters. The number of amides is 2. The van der Waals surface area contributed by atoms with Crippen LogP contribution in [0.4, 0.5) is 0 Å². The van der Waals surface area contributed by atoms with E-state index in [-0.39, 0.29) is 18.4 Å². The third kappa shape index (κ3) is 2.85. The van der Waals surface area contributed by atoms with Crippen molar-refractivity contribution < 1.29 is 14.7 Å². The molecule has 0 aliphatic heterocycles. The van der Waals surface area contributed by atoms with Gasteiger partial charge in [0, 0.05) is 5.92 Å². The van der Waals surface area contributed by atoms with Gasteiger partial charge in [-0.15, -0.1) is 0 Å². The lowest BCUT2D eigenvalue weighted by Gasteiger charge is -2.12. The molecule has 0 aromatic carbocycles. The first-order valence-electron chi connectivity index (χ1n) is 4.51. The highest BCUT2D eigenvalue weighted by Gasteiger charge is 2.20. The first kappa shape index (κ1) is 10.7. The third-order valence-corrected chi connectivity index (χ3v) is 2.18. The number of hydrogen-bond donors (Lipinski definition) is 3. The van der Waals surface area contributed by atoms with Crippen LogP contribution in [0.5, 0.6) is 0 Å². The Balaban J connectivity index is 2.24. The molecule has 1 rings (SSSR count). The Labute approximate surface area is 82.0 Å². The molecule has 0 spiro atoms. The largest absolute Gasteiger partial charge is 0.381 e. The number of rotatable bonds is 4. The Kier molecular flexibility index (Phi) is 3.64. The number of nitrogens with two attached hydrogens (primary N) is 1. The predicted octanol–water partition coefficient (Wildman–Crippen LogP) is -1.09. The second-order valence-corrected chi connectivity index (χ2v) is 3.30. The van der Waals surface area contributed by atoms with Crippen molar-refractivity contribution in [1.29, 1.82) is 0 Å². The van der Waals surface area contributed by atoms with E-state index < -0.39 is 12.0 Å². The third-order valence-electron chi connectivity index (χ3n) is 2.18. The van der Waals surface area contributed by atoms with Crippen molar-refractivity contribution in [3.8, 4) is 0 Å². The van der Waals surface area contributed by atoms with Gasteiger partial charge in [0.2, 0.25) is 11.8 Å². The maximum atomic E-state index is 11.4. The number of allylic oxidation sites excluding steroid dienone is 2. The Morgan fingerprint density at radius 1 is 1.50 bits per heavy atom. The summed E-state index contributed by atoms with van der Waals surface area (Å²) in [6.45, 7) is -0.106. The second kappa shape index (κ2) is 4.76. The standard InChI is InChI=1S/C9H14N2O3/c10-8(13)7(12)5-11-9(14)6-3-1-2-4-6/h1-2,6-7,12H,3-5H2,(H2,10,13)(H,11,14). The maximum Gasteiger partial charge on any atom is 0.248 e. The SMILES string of the molecule is NC(=O)C(O)CNC(=O)C1CC=CC1. The number of aliphatic hydroxyl groups excluding tert-OH is 1. The summed E-state index contributed by atoms with van der Waals surface area (Å²) >= 11 is 0. The summed E-state index contributed by atoms with van der Waals surface area (Å²) in [5, 5.41) is 11.5. The fraction of sp³-hybridized carbons (Fsp3) is 0.556. The van der Waals surface area contributed by atoms with Gasteiger partial charge in [-0.25, -0.2) is 0 Å². The first-order chi connectivity index (χ1) is 6.61. The summed E-state index contributed by atoms with van der Waals surface area (Å²) < 4.78 is 0. The molecule has 5 heteroatoms. The molecule has 0 fully saturated rings. The van der Waals surface area contributed by atoms with Crippen molar-refractivity contribution >= 4 is 11.8 Å². The molecule has 4 N–H and O–H groups in total. The zero-order valence-corrected chi connectivity index (χ0v) is 7.77. The van der Waals surface area contributed by atoms with Gasteiger partial charge in [0.1, 0.15) is 6.10 Å². The minimum Gasteiger partial charge on any atom is -0.381 e. The molecular formula is C9H14N2O3. The molecule has 0 heterocycles. The molecule has 14 heavy (non-hydrogen) atoms. The molecule has 0 aromatic rings. The zero-order valence-electron chi connectivity index (χ0n) is 7.77. The average molecular weight is 198 g/mol. The van der Waals surface area contributed by atoms with E-state index in [1.807, 2.05) is 12.2 Å². The lowest BCUT2D eigenvalue weighted by Crippen LogP contribution is -2.41. The molecule has 5 nitrogen and oxygen atoms in total. The van der Waals surface area contributed by atoms with Crippen molar-refractivity contribution in [3.63, 3.8) is 0 Å². The Morgan fingerprint density at radius 3 is 2.57 bits per heavy atom. The molecule has 0 saturated heterocycles. The van der Waals surface area contributed by atoms with Crippen LogP contribution in [0.25, 0.3) is 0 Å². The molecule has 1 aliphatic carbocycles. The minimum atomic E-state index is -1.30. The fourth-order valence-corrected chi connectivity index (χ4v) is 1.27. The van der Waals surface area contributed by atoms with Gasteiger partial charge < -0.3 is 16.2 Å². The van der Waals surface area contributed by atoms with Crippen LogP contribution in [-0.2, 0) is 9.59 Å². The van der Waals surface area contributed by atoms with Crippen LogP contribution in [0.1, 0.15) is 12.8 Å². The van der Waals surface area contributed by atoms with E-state index in [0.29, 0.717) is 0 Å². The number of primary amides is 1. The summed E-state index contributed by atoms with van der Waals surface area (Å²) in [4.78, 5) is 21.8. The van der Waals surface area contributed by atoms with Crippen LogP contribution in [0.3, 0.4) is 0 Å². The van der Waals surface area contributed by atoms with Gasteiger partial charge in [-0.3, -0.25) is 9.59 Å². The molecule has 0 bridgehead atoms. The zero-order chi connectivity index (χ0) is 10.6. The van der Waals surface area contributed by atoms with E-state index in [4.69, 9.17) is 10.8 Å². The van der Waals surface area contributed by atoms with Crippen LogP contribution < -0.4 is 11.1 Å². The van der Waals surface area contributed by atoms with Crippen LogP contribution in [0.2, 0.25) is 0 Å². The molecule has 1 aliphatic rings. The average Bonchev–Trinajstić information content (AvgIpc) is 2.66. The second-order valence-electron chi connectivity index (χ2n) is 3.30. The highest BCUT2D eigenvalue weighted by atomic mass is 16.3. The number of hydrogen-bond acceptors (Lipinski definition) is 3. The van der Waals surface area contributed by atoms with Gasteiger partial charge in [-0.2, -0.15) is 0 Å². The van der Waals surface area contributed by atoms with Crippen molar-refractivity contribution in [1.82, 2.24) is 5.32 Å². The van der Waals surface area contributed by atoms with Crippen LogP contribution in [-0.4, -0.2) is 29.6 Å². The molecule has 0 aromatic heterocycles. The van der Waals surface area contributed by atoms with Crippen molar-refractivity contribution in [2.75, 3.05) is 6.54 Å². The van der Waals surface area contributed by atoms with Crippen LogP contribution >= 0.6 is 0 Å². The first-order valence-corrected chi connectivity index (χ1v) is 4.51. The Bertz CT molecular complexity index is 255. The summed E-state index contributed by atoms with van der Waals surface area (Å²) in [6, 6.07) is 0. The molecular weight excluding hydrogens is 184 g/mol.